The SMILES string of the molecule is CC(C)NC(=O)N1CCN(CCN2CC3(C)OC(C)(C2)C2C(=O)N(c4ccc(C#N)c(C(F)(F)F)c4)C(=O)C23)CC1. The van der Waals surface area contributed by atoms with Crippen LogP contribution in [0.2, 0.25) is 0 Å². The molecule has 5 rings (SSSR count). The molecule has 41 heavy (non-hydrogen) atoms. The van der Waals surface area contributed by atoms with Crippen molar-refractivity contribution in [2.24, 2.45) is 11.8 Å². The molecule has 4 aliphatic rings. The molecular formula is C28H35F3N6O4. The Morgan fingerprint density at radius 2 is 1.61 bits per heavy atom. The molecule has 4 atom stereocenters. The van der Waals surface area contributed by atoms with Crippen LogP contribution >= 0.6 is 0 Å². The number of likely N-dealkylation sites (tertiary alicyclic amines) is 1. The minimum Gasteiger partial charge on any atom is -0.365 e. The predicted molar refractivity (Wildman–Crippen MR) is 142 cm³/mol. The van der Waals surface area contributed by atoms with Crippen molar-refractivity contribution < 1.29 is 32.3 Å². The van der Waals surface area contributed by atoms with Gasteiger partial charge in [-0.25, -0.2) is 9.69 Å². The number of anilines is 1. The topological polar surface area (TPSA) is 109 Å². The highest BCUT2D eigenvalue weighted by Gasteiger charge is 2.71. The van der Waals surface area contributed by atoms with Crippen LogP contribution in [-0.2, 0) is 20.5 Å². The van der Waals surface area contributed by atoms with Crippen molar-refractivity contribution in [1.82, 2.24) is 20.0 Å². The minimum absolute atomic E-state index is 0.0594. The van der Waals surface area contributed by atoms with Crippen LogP contribution < -0.4 is 10.2 Å². The zero-order valence-corrected chi connectivity index (χ0v) is 23.6. The van der Waals surface area contributed by atoms with Crippen LogP contribution in [0.25, 0.3) is 0 Å². The van der Waals surface area contributed by atoms with Gasteiger partial charge in [0.05, 0.1) is 45.9 Å². The van der Waals surface area contributed by atoms with E-state index >= 15 is 0 Å². The van der Waals surface area contributed by atoms with E-state index in [4.69, 9.17) is 10.00 Å². The molecule has 1 aromatic rings. The molecule has 0 aromatic heterocycles. The summed E-state index contributed by atoms with van der Waals surface area (Å²) >= 11 is 0. The molecular weight excluding hydrogens is 541 g/mol. The normalized spacial score (nSPS) is 30.6. The Morgan fingerprint density at radius 1 is 1.05 bits per heavy atom. The van der Waals surface area contributed by atoms with Crippen molar-refractivity contribution in [3.63, 3.8) is 0 Å². The van der Waals surface area contributed by atoms with Gasteiger partial charge in [0, 0.05) is 58.4 Å². The smallest absolute Gasteiger partial charge is 0.365 e. The molecule has 4 heterocycles. The van der Waals surface area contributed by atoms with E-state index < -0.39 is 52.2 Å². The Hall–Kier alpha value is -3.21. The number of ether oxygens (including phenoxy) is 1. The number of rotatable bonds is 5. The van der Waals surface area contributed by atoms with Gasteiger partial charge in [-0.1, -0.05) is 0 Å². The summed E-state index contributed by atoms with van der Waals surface area (Å²) in [6, 6.07) is 4.45. The van der Waals surface area contributed by atoms with Gasteiger partial charge in [-0.05, 0) is 45.9 Å². The molecule has 4 unspecified atom stereocenters. The zero-order valence-electron chi connectivity index (χ0n) is 23.6. The van der Waals surface area contributed by atoms with Gasteiger partial charge in [0.1, 0.15) is 0 Å². The number of imide groups is 1. The second kappa shape index (κ2) is 10.3. The number of morpholine rings is 1. The Balaban J connectivity index is 1.27. The van der Waals surface area contributed by atoms with Crippen LogP contribution in [0.5, 0.6) is 0 Å². The van der Waals surface area contributed by atoms with E-state index in [-0.39, 0.29) is 17.8 Å². The van der Waals surface area contributed by atoms with Crippen LogP contribution in [0.1, 0.15) is 38.8 Å². The molecule has 4 fully saturated rings. The maximum absolute atomic E-state index is 13.7. The van der Waals surface area contributed by atoms with Gasteiger partial charge in [-0.3, -0.25) is 19.4 Å². The highest BCUT2D eigenvalue weighted by molar-refractivity contribution is 6.23. The van der Waals surface area contributed by atoms with Crippen LogP contribution in [0, 0.1) is 23.2 Å². The summed E-state index contributed by atoms with van der Waals surface area (Å²) in [5, 5.41) is 12.0. The van der Waals surface area contributed by atoms with Gasteiger partial charge in [-0.2, -0.15) is 18.4 Å². The fourth-order valence-corrected chi connectivity index (χ4v) is 6.98. The highest BCUT2D eigenvalue weighted by Crippen LogP contribution is 2.55. The molecule has 0 radical (unpaired) electrons. The molecule has 0 saturated carbocycles. The number of halogens is 3. The van der Waals surface area contributed by atoms with Crippen LogP contribution in [-0.4, -0.2) is 102 Å². The first-order chi connectivity index (χ1) is 19.2. The van der Waals surface area contributed by atoms with Crippen molar-refractivity contribution in [3.05, 3.63) is 29.3 Å². The molecule has 4 amide bonds. The van der Waals surface area contributed by atoms with Gasteiger partial charge >= 0.3 is 12.2 Å². The number of amides is 4. The van der Waals surface area contributed by atoms with Crippen molar-refractivity contribution in [3.8, 4) is 6.07 Å². The Kier molecular flexibility index (Phi) is 7.33. The summed E-state index contributed by atoms with van der Waals surface area (Å²) in [7, 11) is 0. The fraction of sp³-hybridized carbons (Fsp3) is 0.643. The van der Waals surface area contributed by atoms with E-state index in [9.17, 15) is 27.6 Å². The van der Waals surface area contributed by atoms with Crippen molar-refractivity contribution in [2.75, 3.05) is 57.3 Å². The first-order valence-electron chi connectivity index (χ1n) is 13.9. The quantitative estimate of drug-likeness (QED) is 0.536. The third-order valence-corrected chi connectivity index (χ3v) is 8.65. The van der Waals surface area contributed by atoms with E-state index in [1.54, 1.807) is 13.8 Å². The molecule has 10 nitrogen and oxygen atoms in total. The average Bonchev–Trinajstić information content (AvgIpc) is 3.26. The number of nitrogens with one attached hydrogen (secondary N) is 1. The van der Waals surface area contributed by atoms with Crippen LogP contribution in [0.4, 0.5) is 23.7 Å². The van der Waals surface area contributed by atoms with E-state index in [0.717, 1.165) is 30.6 Å². The van der Waals surface area contributed by atoms with E-state index in [1.807, 2.05) is 18.7 Å². The van der Waals surface area contributed by atoms with Crippen molar-refractivity contribution in [1.29, 1.82) is 5.26 Å². The molecule has 222 valence electrons. The maximum Gasteiger partial charge on any atom is 0.417 e. The summed E-state index contributed by atoms with van der Waals surface area (Å²) in [4.78, 5) is 46.8. The fourth-order valence-electron chi connectivity index (χ4n) is 6.98. The van der Waals surface area contributed by atoms with Gasteiger partial charge in [-0.15, -0.1) is 0 Å². The Labute approximate surface area is 237 Å². The zero-order chi connectivity index (χ0) is 29.9. The molecule has 4 saturated heterocycles. The maximum atomic E-state index is 13.7. The average molecular weight is 577 g/mol. The lowest BCUT2D eigenvalue weighted by molar-refractivity contribution is -0.169. The first-order valence-corrected chi connectivity index (χ1v) is 13.9. The third kappa shape index (κ3) is 5.17. The summed E-state index contributed by atoms with van der Waals surface area (Å²) in [6.45, 7) is 12.4. The molecule has 2 bridgehead atoms. The number of hydrogen-bond acceptors (Lipinski definition) is 7. The first kappa shape index (κ1) is 29.3. The minimum atomic E-state index is -4.81. The lowest BCUT2D eigenvalue weighted by Gasteiger charge is -2.45. The highest BCUT2D eigenvalue weighted by atomic mass is 19.4. The standard InChI is InChI=1S/C28H35F3N6O4/c1-17(2)33-25(40)36-11-9-34(10-12-36)7-8-35-15-26(3)21-22(27(4,16-35)41-26)24(39)37(23(21)38)19-6-5-18(14-32)20(13-19)28(29,30)31/h5-6,13,17,21-22H,7-12,15-16H2,1-4H3,(H,33,40). The molecule has 0 aliphatic carbocycles. The summed E-state index contributed by atoms with van der Waals surface area (Å²) in [5.74, 6) is -2.83. The second-order valence-electron chi connectivity index (χ2n) is 12.2. The van der Waals surface area contributed by atoms with Gasteiger partial charge < -0.3 is 15.0 Å². The lowest BCUT2D eigenvalue weighted by atomic mass is 9.79. The van der Waals surface area contributed by atoms with E-state index in [0.29, 0.717) is 38.8 Å². The number of carbonyl (C=O) groups is 3. The number of nitrogens with zero attached hydrogens (tertiary/aromatic N) is 5. The molecule has 13 heteroatoms. The third-order valence-electron chi connectivity index (χ3n) is 8.65. The van der Waals surface area contributed by atoms with Crippen molar-refractivity contribution in [2.45, 2.75) is 51.1 Å². The van der Waals surface area contributed by atoms with Crippen LogP contribution in [0.3, 0.4) is 0 Å². The largest absolute Gasteiger partial charge is 0.417 e. The summed E-state index contributed by atoms with van der Waals surface area (Å²) < 4.78 is 47.2. The van der Waals surface area contributed by atoms with Crippen molar-refractivity contribution >= 4 is 23.5 Å². The summed E-state index contributed by atoms with van der Waals surface area (Å²) in [5.41, 5.74) is -3.94. The Bertz CT molecular complexity index is 1250. The lowest BCUT2D eigenvalue weighted by Crippen LogP contribution is -2.59. The molecule has 4 aliphatic heterocycles. The monoisotopic (exact) mass is 576 g/mol. The summed E-state index contributed by atoms with van der Waals surface area (Å²) in [6.07, 6.45) is -4.81. The Morgan fingerprint density at radius 3 is 2.12 bits per heavy atom. The molecule has 0 spiro atoms. The van der Waals surface area contributed by atoms with Crippen LogP contribution in [0.15, 0.2) is 18.2 Å². The molecule has 1 N–H and O–H groups in total. The van der Waals surface area contributed by atoms with Gasteiger partial charge in [0.2, 0.25) is 11.8 Å². The van der Waals surface area contributed by atoms with E-state index in [1.165, 1.54) is 12.1 Å². The van der Waals surface area contributed by atoms with Gasteiger partial charge in [0.15, 0.2) is 0 Å². The number of fused-ring (bicyclic) bond motifs is 5. The molecule has 1 aromatic carbocycles. The van der Waals surface area contributed by atoms with Gasteiger partial charge in [0.25, 0.3) is 0 Å². The predicted octanol–water partition coefficient (Wildman–Crippen LogP) is 2.28. The number of carbonyl (C=O) groups excluding carboxylic acids is 3. The second-order valence-corrected chi connectivity index (χ2v) is 12.2. The number of urea groups is 1. The number of piperazine rings is 1. The van der Waals surface area contributed by atoms with E-state index in [2.05, 4.69) is 15.1 Å². The number of nitriles is 1. The number of alkyl halides is 3. The number of hydrogen-bond donors (Lipinski definition) is 1. The number of benzene rings is 1.